The summed E-state index contributed by atoms with van der Waals surface area (Å²) in [5, 5.41) is 3.39. The van der Waals surface area contributed by atoms with Crippen LogP contribution in [0.1, 0.15) is 19.3 Å². The van der Waals surface area contributed by atoms with Crippen LogP contribution in [0.25, 0.3) is 0 Å². The van der Waals surface area contributed by atoms with Gasteiger partial charge in [0.1, 0.15) is 0 Å². The number of halogens is 2. The van der Waals surface area contributed by atoms with Crippen molar-refractivity contribution >= 4 is 15.9 Å². The third-order valence-electron chi connectivity index (χ3n) is 2.48. The molecule has 1 saturated carbocycles. The predicted octanol–water partition coefficient (Wildman–Crippen LogP) is 3.11. The normalized spacial score (nSPS) is 15.1. The second-order valence-corrected chi connectivity index (χ2v) is 4.92. The van der Waals surface area contributed by atoms with Crippen molar-refractivity contribution in [3.05, 3.63) is 28.5 Å². The molecular formula is C12H15BrFNO. The summed E-state index contributed by atoms with van der Waals surface area (Å²) in [6, 6.07) is 5.57. The van der Waals surface area contributed by atoms with Crippen LogP contribution in [0.5, 0.6) is 5.75 Å². The molecule has 1 aromatic rings. The minimum atomic E-state index is -0.315. The molecule has 0 radical (unpaired) electrons. The van der Waals surface area contributed by atoms with E-state index in [0.29, 0.717) is 12.4 Å². The molecule has 0 heterocycles. The van der Waals surface area contributed by atoms with Crippen LogP contribution in [0.3, 0.4) is 0 Å². The van der Waals surface area contributed by atoms with Crippen molar-refractivity contribution < 1.29 is 9.13 Å². The minimum Gasteiger partial charge on any atom is -0.490 e. The Morgan fingerprint density at radius 3 is 2.94 bits per heavy atom. The third-order valence-corrected chi connectivity index (χ3v) is 2.98. The highest BCUT2D eigenvalue weighted by Crippen LogP contribution is 2.21. The lowest BCUT2D eigenvalue weighted by atomic mass is 10.3. The number of benzene rings is 1. The van der Waals surface area contributed by atoms with Crippen LogP contribution in [0, 0.1) is 5.82 Å². The molecule has 1 aliphatic carbocycles. The molecule has 0 spiro atoms. The van der Waals surface area contributed by atoms with Gasteiger partial charge in [-0.05, 0) is 44.0 Å². The van der Waals surface area contributed by atoms with E-state index < -0.39 is 0 Å². The first-order valence-electron chi connectivity index (χ1n) is 5.57. The van der Waals surface area contributed by atoms with Gasteiger partial charge < -0.3 is 10.1 Å². The van der Waals surface area contributed by atoms with Crippen LogP contribution in [0.4, 0.5) is 4.39 Å². The van der Waals surface area contributed by atoms with Crippen LogP contribution in [0.2, 0.25) is 0 Å². The summed E-state index contributed by atoms with van der Waals surface area (Å²) in [6.45, 7) is 1.50. The second-order valence-electron chi connectivity index (χ2n) is 4.01. The first-order valence-corrected chi connectivity index (χ1v) is 6.36. The highest BCUT2D eigenvalue weighted by atomic mass is 79.9. The van der Waals surface area contributed by atoms with Crippen molar-refractivity contribution in [3.8, 4) is 5.75 Å². The molecule has 88 valence electrons. The van der Waals surface area contributed by atoms with Crippen LogP contribution >= 0.6 is 15.9 Å². The lowest BCUT2D eigenvalue weighted by Gasteiger charge is -2.07. The molecule has 0 aromatic heterocycles. The highest BCUT2D eigenvalue weighted by Gasteiger charge is 2.19. The lowest BCUT2D eigenvalue weighted by Crippen LogP contribution is -2.19. The minimum absolute atomic E-state index is 0.315. The average molecular weight is 288 g/mol. The largest absolute Gasteiger partial charge is 0.490 e. The first-order chi connectivity index (χ1) is 7.75. The van der Waals surface area contributed by atoms with Crippen LogP contribution < -0.4 is 10.1 Å². The molecule has 2 nitrogen and oxygen atoms in total. The molecule has 0 atom stereocenters. The maximum atomic E-state index is 13.3. The topological polar surface area (TPSA) is 21.3 Å². The smallest absolute Gasteiger partial charge is 0.166 e. The zero-order valence-electron chi connectivity index (χ0n) is 9.01. The van der Waals surface area contributed by atoms with Crippen LogP contribution in [-0.4, -0.2) is 19.2 Å². The molecule has 16 heavy (non-hydrogen) atoms. The number of hydrogen-bond donors (Lipinski definition) is 1. The van der Waals surface area contributed by atoms with Crippen molar-refractivity contribution in [2.75, 3.05) is 13.2 Å². The summed E-state index contributed by atoms with van der Waals surface area (Å²) in [4.78, 5) is 0. The number of nitrogens with one attached hydrogen (secondary N) is 1. The number of rotatable bonds is 6. The summed E-state index contributed by atoms with van der Waals surface area (Å²) >= 11 is 3.21. The van der Waals surface area contributed by atoms with Crippen molar-refractivity contribution in [2.45, 2.75) is 25.3 Å². The standard InChI is InChI=1S/C12H15BrFNO/c13-9-2-5-12(11(14)8-9)16-7-1-6-15-10-3-4-10/h2,5,8,10,15H,1,3-4,6-7H2. The molecule has 0 aliphatic heterocycles. The van der Waals surface area contributed by atoms with E-state index in [1.165, 1.54) is 18.9 Å². The lowest BCUT2D eigenvalue weighted by molar-refractivity contribution is 0.293. The third kappa shape index (κ3) is 3.76. The Morgan fingerprint density at radius 1 is 1.44 bits per heavy atom. The van der Waals surface area contributed by atoms with E-state index in [1.54, 1.807) is 12.1 Å². The van der Waals surface area contributed by atoms with E-state index in [-0.39, 0.29) is 5.82 Å². The van der Waals surface area contributed by atoms with E-state index >= 15 is 0 Å². The molecule has 1 fully saturated rings. The Balaban J connectivity index is 1.67. The van der Waals surface area contributed by atoms with Crippen molar-refractivity contribution in [1.82, 2.24) is 5.32 Å². The van der Waals surface area contributed by atoms with Gasteiger partial charge >= 0.3 is 0 Å². The Hall–Kier alpha value is -0.610. The molecule has 0 amide bonds. The fourth-order valence-corrected chi connectivity index (χ4v) is 1.77. The monoisotopic (exact) mass is 287 g/mol. The highest BCUT2D eigenvalue weighted by molar-refractivity contribution is 9.10. The summed E-state index contributed by atoms with van der Waals surface area (Å²) in [5.74, 6) is 0.0131. The zero-order chi connectivity index (χ0) is 11.4. The molecule has 0 unspecified atom stereocenters. The Morgan fingerprint density at radius 2 is 2.25 bits per heavy atom. The van der Waals surface area contributed by atoms with E-state index in [4.69, 9.17) is 4.74 Å². The van der Waals surface area contributed by atoms with Gasteiger partial charge in [0.15, 0.2) is 11.6 Å². The molecule has 1 N–H and O–H groups in total. The Bertz CT molecular complexity index is 355. The van der Waals surface area contributed by atoms with Gasteiger partial charge in [-0.1, -0.05) is 15.9 Å². The molecule has 2 rings (SSSR count). The van der Waals surface area contributed by atoms with Gasteiger partial charge in [-0.3, -0.25) is 0 Å². The zero-order valence-corrected chi connectivity index (χ0v) is 10.6. The van der Waals surface area contributed by atoms with Gasteiger partial charge in [0, 0.05) is 10.5 Å². The van der Waals surface area contributed by atoms with Gasteiger partial charge in [0.25, 0.3) is 0 Å². The first kappa shape index (κ1) is 11.9. The Kier molecular flexibility index (Phi) is 4.18. The van der Waals surface area contributed by atoms with E-state index in [2.05, 4.69) is 21.2 Å². The molecule has 1 aromatic carbocycles. The van der Waals surface area contributed by atoms with Crippen molar-refractivity contribution in [1.29, 1.82) is 0 Å². The van der Waals surface area contributed by atoms with Gasteiger partial charge in [0.05, 0.1) is 6.61 Å². The van der Waals surface area contributed by atoms with Gasteiger partial charge in [0.2, 0.25) is 0 Å². The van der Waals surface area contributed by atoms with Crippen LogP contribution in [-0.2, 0) is 0 Å². The molecule has 4 heteroatoms. The molecule has 0 bridgehead atoms. The SMILES string of the molecule is Fc1cc(Br)ccc1OCCCNC1CC1. The van der Waals surface area contributed by atoms with Crippen LogP contribution in [0.15, 0.2) is 22.7 Å². The molecular weight excluding hydrogens is 273 g/mol. The Labute approximate surface area is 103 Å². The fraction of sp³-hybridized carbons (Fsp3) is 0.500. The molecule has 1 aliphatic rings. The molecule has 0 saturated heterocycles. The van der Waals surface area contributed by atoms with E-state index in [9.17, 15) is 4.39 Å². The quantitative estimate of drug-likeness (QED) is 0.812. The van der Waals surface area contributed by atoms with Crippen molar-refractivity contribution in [2.24, 2.45) is 0 Å². The summed E-state index contributed by atoms with van der Waals surface area (Å²) in [6.07, 6.45) is 3.50. The van der Waals surface area contributed by atoms with Gasteiger partial charge in [-0.2, -0.15) is 0 Å². The number of hydrogen-bond acceptors (Lipinski definition) is 2. The van der Waals surface area contributed by atoms with E-state index in [0.717, 1.165) is 23.5 Å². The van der Waals surface area contributed by atoms with Crippen molar-refractivity contribution in [3.63, 3.8) is 0 Å². The maximum Gasteiger partial charge on any atom is 0.166 e. The summed E-state index contributed by atoms with van der Waals surface area (Å²) in [5.41, 5.74) is 0. The maximum absolute atomic E-state index is 13.3. The number of ether oxygens (including phenoxy) is 1. The summed E-state index contributed by atoms with van der Waals surface area (Å²) < 4.78 is 19.4. The average Bonchev–Trinajstić information content (AvgIpc) is 3.04. The summed E-state index contributed by atoms with van der Waals surface area (Å²) in [7, 11) is 0. The predicted molar refractivity (Wildman–Crippen MR) is 65.2 cm³/mol. The second kappa shape index (κ2) is 5.64. The van der Waals surface area contributed by atoms with E-state index in [1.807, 2.05) is 0 Å². The fourth-order valence-electron chi connectivity index (χ4n) is 1.44. The van der Waals surface area contributed by atoms with Gasteiger partial charge in [-0.15, -0.1) is 0 Å². The van der Waals surface area contributed by atoms with Gasteiger partial charge in [-0.25, -0.2) is 4.39 Å².